The van der Waals surface area contributed by atoms with Gasteiger partial charge in [-0.05, 0) is 85.0 Å². The lowest BCUT2D eigenvalue weighted by Crippen LogP contribution is -2.29. The van der Waals surface area contributed by atoms with Crippen molar-refractivity contribution in [2.75, 3.05) is 0 Å². The topological polar surface area (TPSA) is 0 Å². The summed E-state index contributed by atoms with van der Waals surface area (Å²) in [5, 5.41) is 0. The van der Waals surface area contributed by atoms with Gasteiger partial charge in [-0.1, -0.05) is 114 Å². The van der Waals surface area contributed by atoms with E-state index >= 15 is 4.39 Å². The number of hydrogen-bond acceptors (Lipinski definition) is 0. The Hall–Kier alpha value is -1.63. The van der Waals surface area contributed by atoms with Gasteiger partial charge in [-0.15, -0.1) is 0 Å². The van der Waals surface area contributed by atoms with Crippen molar-refractivity contribution in [3.05, 3.63) is 59.4 Å². The van der Waals surface area contributed by atoms with Crippen molar-refractivity contribution in [2.45, 2.75) is 134 Å². The second-order valence-electron chi connectivity index (χ2n) is 11.8. The van der Waals surface area contributed by atoms with Gasteiger partial charge in [-0.2, -0.15) is 0 Å². The highest BCUT2D eigenvalue weighted by Gasteiger charge is 2.33. The van der Waals surface area contributed by atoms with Crippen LogP contribution in [0, 0.1) is 11.7 Å². The normalized spacial score (nSPS) is 22.3. The maximum Gasteiger partial charge on any atom is 0.131 e. The minimum absolute atomic E-state index is 0.0457. The molecule has 0 spiro atoms. The Balaban J connectivity index is 1.41. The summed E-state index contributed by atoms with van der Waals surface area (Å²) in [5.74, 6) is 1.39. The molecule has 2 fully saturated rings. The highest BCUT2D eigenvalue weighted by atomic mass is 19.1. The van der Waals surface area contributed by atoms with Gasteiger partial charge in [-0.3, -0.25) is 0 Å². The van der Waals surface area contributed by atoms with Crippen LogP contribution in [0.25, 0.3) is 11.1 Å². The van der Waals surface area contributed by atoms with Crippen LogP contribution in [-0.4, -0.2) is 0 Å². The van der Waals surface area contributed by atoms with Gasteiger partial charge < -0.3 is 0 Å². The Morgan fingerprint density at radius 2 is 1.46 bits per heavy atom. The first kappa shape index (κ1) is 26.4. The molecule has 0 saturated heterocycles. The highest BCUT2D eigenvalue weighted by molar-refractivity contribution is 5.65. The molecule has 4 rings (SSSR count). The van der Waals surface area contributed by atoms with Crippen molar-refractivity contribution in [2.24, 2.45) is 5.92 Å². The molecule has 2 aliphatic carbocycles. The summed E-state index contributed by atoms with van der Waals surface area (Å²) in [6.07, 6.45) is 22.5. The van der Waals surface area contributed by atoms with Crippen molar-refractivity contribution in [1.82, 2.24) is 0 Å². The van der Waals surface area contributed by atoms with Crippen LogP contribution < -0.4 is 0 Å². The first-order valence-corrected chi connectivity index (χ1v) is 15.1. The van der Waals surface area contributed by atoms with Crippen molar-refractivity contribution in [1.29, 1.82) is 0 Å². The fourth-order valence-corrected chi connectivity index (χ4v) is 7.12. The maximum absolute atomic E-state index is 15.3. The van der Waals surface area contributed by atoms with Gasteiger partial charge in [0.1, 0.15) is 5.82 Å². The van der Waals surface area contributed by atoms with Crippen LogP contribution in [0.2, 0.25) is 0 Å². The van der Waals surface area contributed by atoms with Crippen molar-refractivity contribution >= 4 is 0 Å². The van der Waals surface area contributed by atoms with Crippen LogP contribution in [0.4, 0.5) is 4.39 Å². The van der Waals surface area contributed by atoms with Crippen LogP contribution in [-0.2, 0) is 5.41 Å². The van der Waals surface area contributed by atoms with Gasteiger partial charge in [0.15, 0.2) is 0 Å². The van der Waals surface area contributed by atoms with Gasteiger partial charge in [0.25, 0.3) is 0 Å². The molecule has 0 nitrogen and oxygen atoms in total. The number of rotatable bonds is 11. The van der Waals surface area contributed by atoms with Crippen LogP contribution in [0.15, 0.2) is 42.5 Å². The second kappa shape index (κ2) is 13.1. The fraction of sp³-hybridized carbons (Fsp3) is 0.647. The monoisotopic (exact) mass is 476 g/mol. The van der Waals surface area contributed by atoms with E-state index < -0.39 is 0 Å². The Morgan fingerprint density at radius 1 is 0.771 bits per heavy atom. The molecular formula is C34H49F. The third-order valence-electron chi connectivity index (χ3n) is 9.41. The summed E-state index contributed by atoms with van der Waals surface area (Å²) in [6.45, 7) is 4.58. The van der Waals surface area contributed by atoms with Gasteiger partial charge in [0.05, 0.1) is 0 Å². The zero-order valence-electron chi connectivity index (χ0n) is 22.6. The average molecular weight is 477 g/mol. The van der Waals surface area contributed by atoms with E-state index in [4.69, 9.17) is 0 Å². The van der Waals surface area contributed by atoms with Crippen molar-refractivity contribution in [3.63, 3.8) is 0 Å². The molecule has 0 atom stereocenters. The van der Waals surface area contributed by atoms with Crippen LogP contribution in [0.5, 0.6) is 0 Å². The maximum atomic E-state index is 15.3. The van der Waals surface area contributed by atoms with E-state index in [0.29, 0.717) is 11.3 Å². The molecule has 0 radical (unpaired) electrons. The van der Waals surface area contributed by atoms with Gasteiger partial charge in [-0.25, -0.2) is 4.39 Å². The fourth-order valence-electron chi connectivity index (χ4n) is 7.12. The summed E-state index contributed by atoms with van der Waals surface area (Å²) >= 11 is 0. The SMILES string of the molecule is CCCCCC1(c2ccc(-c3ccc([C@H]4CC[C@H](CCCCC)CC4)cc3F)cc2)CCCCC1. The van der Waals surface area contributed by atoms with E-state index in [1.807, 2.05) is 12.1 Å². The lowest BCUT2D eigenvalue weighted by Gasteiger charge is -2.38. The first-order valence-electron chi connectivity index (χ1n) is 15.1. The minimum atomic E-state index is -0.0457. The Kier molecular flexibility index (Phi) is 9.87. The summed E-state index contributed by atoms with van der Waals surface area (Å²) in [4.78, 5) is 0. The molecule has 2 saturated carbocycles. The molecular weight excluding hydrogens is 427 g/mol. The third-order valence-corrected chi connectivity index (χ3v) is 9.41. The van der Waals surface area contributed by atoms with Crippen LogP contribution in [0.3, 0.4) is 0 Å². The molecule has 35 heavy (non-hydrogen) atoms. The third kappa shape index (κ3) is 6.78. The predicted molar refractivity (Wildman–Crippen MR) is 150 cm³/mol. The smallest absolute Gasteiger partial charge is 0.131 e. The van der Waals surface area contributed by atoms with Crippen LogP contribution in [0.1, 0.15) is 140 Å². The summed E-state index contributed by atoms with van der Waals surface area (Å²) in [6, 6.07) is 15.1. The van der Waals surface area contributed by atoms with Crippen molar-refractivity contribution < 1.29 is 4.39 Å². The molecule has 0 heterocycles. The van der Waals surface area contributed by atoms with E-state index in [1.165, 1.54) is 120 Å². The second-order valence-corrected chi connectivity index (χ2v) is 11.8. The number of unbranched alkanes of at least 4 members (excludes halogenated alkanes) is 4. The zero-order chi connectivity index (χ0) is 24.5. The quantitative estimate of drug-likeness (QED) is 0.283. The Bertz CT molecular complexity index is 881. The molecule has 1 heteroatoms. The Labute approximate surface area is 215 Å². The summed E-state index contributed by atoms with van der Waals surface area (Å²) in [7, 11) is 0. The molecule has 2 aromatic rings. The largest absolute Gasteiger partial charge is 0.206 e. The number of hydrogen-bond donors (Lipinski definition) is 0. The average Bonchev–Trinajstić information content (AvgIpc) is 2.90. The first-order chi connectivity index (χ1) is 17.1. The molecule has 0 aliphatic heterocycles. The van der Waals surface area contributed by atoms with Gasteiger partial charge in [0, 0.05) is 5.56 Å². The minimum Gasteiger partial charge on any atom is -0.206 e. The summed E-state index contributed by atoms with van der Waals surface area (Å²) < 4.78 is 15.3. The lowest BCUT2D eigenvalue weighted by molar-refractivity contribution is 0.266. The van der Waals surface area contributed by atoms with Crippen molar-refractivity contribution in [3.8, 4) is 11.1 Å². The molecule has 2 aromatic carbocycles. The van der Waals surface area contributed by atoms with E-state index in [1.54, 1.807) is 0 Å². The molecule has 0 N–H and O–H groups in total. The number of benzene rings is 2. The summed E-state index contributed by atoms with van der Waals surface area (Å²) in [5.41, 5.74) is 4.84. The van der Waals surface area contributed by atoms with E-state index in [2.05, 4.69) is 44.2 Å². The molecule has 0 aromatic heterocycles. The molecule has 0 bridgehead atoms. The van der Waals surface area contributed by atoms with Gasteiger partial charge >= 0.3 is 0 Å². The van der Waals surface area contributed by atoms with E-state index in [9.17, 15) is 0 Å². The molecule has 0 unspecified atom stereocenters. The van der Waals surface area contributed by atoms with E-state index in [0.717, 1.165) is 17.0 Å². The highest BCUT2D eigenvalue weighted by Crippen LogP contribution is 2.44. The van der Waals surface area contributed by atoms with Gasteiger partial charge in [0.2, 0.25) is 0 Å². The Morgan fingerprint density at radius 3 is 2.11 bits per heavy atom. The van der Waals surface area contributed by atoms with Crippen LogP contribution >= 0.6 is 0 Å². The van der Waals surface area contributed by atoms with E-state index in [-0.39, 0.29) is 5.82 Å². The standard InChI is InChI=1S/C34H49F/c1-3-5-8-12-27-13-15-28(16-14-27)30-19-22-32(33(35)26-30)29-17-20-31(21-18-29)34(23-9-6-4-2)24-10-7-11-25-34/h17-22,26-28H,3-16,23-25H2,1-2H3/t27-,28-. The molecule has 2 aliphatic rings. The zero-order valence-corrected chi connectivity index (χ0v) is 22.6. The predicted octanol–water partition coefficient (Wildman–Crippen LogP) is 11.1. The lowest BCUT2D eigenvalue weighted by atomic mass is 9.66. The molecule has 192 valence electrons. The number of halogens is 1. The molecule has 0 amide bonds.